The van der Waals surface area contributed by atoms with Gasteiger partial charge in [0, 0.05) is 11.1 Å². The predicted molar refractivity (Wildman–Crippen MR) is 110 cm³/mol. The fourth-order valence-corrected chi connectivity index (χ4v) is 4.15. The Morgan fingerprint density at radius 2 is 1.79 bits per heavy atom. The number of anilines is 1. The molecule has 142 valence electrons. The van der Waals surface area contributed by atoms with Gasteiger partial charge in [-0.25, -0.2) is 13.1 Å². The van der Waals surface area contributed by atoms with Gasteiger partial charge in [-0.3, -0.25) is 4.72 Å². The lowest BCUT2D eigenvalue weighted by Crippen LogP contribution is -2.12. The molecule has 28 heavy (non-hydrogen) atoms. The number of rotatable bonds is 5. The smallest absolute Gasteiger partial charge is 0.261 e. The Labute approximate surface area is 167 Å². The van der Waals surface area contributed by atoms with Crippen LogP contribution in [0.2, 0.25) is 5.02 Å². The van der Waals surface area contributed by atoms with Crippen LogP contribution >= 0.6 is 11.6 Å². The van der Waals surface area contributed by atoms with E-state index in [0.29, 0.717) is 16.5 Å². The largest absolute Gasteiger partial charge is 0.497 e. The first kappa shape index (κ1) is 18.3. The van der Waals surface area contributed by atoms with Crippen molar-refractivity contribution in [3.8, 4) is 11.4 Å². The lowest BCUT2D eigenvalue weighted by atomic mass is 10.2. The molecular weight excluding hydrogens is 398 g/mol. The molecule has 3 aromatic carbocycles. The SMILES string of the molecule is COc1ccc(S(=O)(=O)Nc2ccc3c(cnn3-c3ccccc3Cl)c2)cc1. The molecule has 0 radical (unpaired) electrons. The van der Waals surface area contributed by atoms with Crippen molar-refractivity contribution < 1.29 is 13.2 Å². The molecule has 6 nitrogen and oxygen atoms in total. The molecule has 0 bridgehead atoms. The Balaban J connectivity index is 1.66. The van der Waals surface area contributed by atoms with Crippen LogP contribution in [0.15, 0.2) is 77.8 Å². The number of sulfonamides is 1. The maximum absolute atomic E-state index is 12.6. The van der Waals surface area contributed by atoms with Crippen LogP contribution in [0.25, 0.3) is 16.6 Å². The van der Waals surface area contributed by atoms with E-state index in [9.17, 15) is 8.42 Å². The number of hydrogen-bond acceptors (Lipinski definition) is 4. The van der Waals surface area contributed by atoms with Gasteiger partial charge in [-0.2, -0.15) is 5.10 Å². The van der Waals surface area contributed by atoms with Crippen LogP contribution in [0.3, 0.4) is 0 Å². The van der Waals surface area contributed by atoms with Crippen molar-refractivity contribution in [2.75, 3.05) is 11.8 Å². The molecule has 1 heterocycles. The first-order valence-corrected chi connectivity index (χ1v) is 10.2. The third-order valence-corrected chi connectivity index (χ3v) is 5.99. The van der Waals surface area contributed by atoms with Gasteiger partial charge in [0.2, 0.25) is 0 Å². The minimum atomic E-state index is -3.71. The molecule has 4 rings (SSSR count). The summed E-state index contributed by atoms with van der Waals surface area (Å²) >= 11 is 6.26. The zero-order chi connectivity index (χ0) is 19.7. The standard InChI is InChI=1S/C20H16ClN3O3S/c1-27-16-7-9-17(10-8-16)28(25,26)23-15-6-11-19-14(12-15)13-22-24(19)20-5-3-2-4-18(20)21/h2-13,23H,1H3. The van der Waals surface area contributed by atoms with E-state index in [1.807, 2.05) is 18.2 Å². The highest BCUT2D eigenvalue weighted by Crippen LogP contribution is 2.27. The molecule has 4 aromatic rings. The van der Waals surface area contributed by atoms with E-state index in [1.54, 1.807) is 47.3 Å². The Hall–Kier alpha value is -3.03. The molecule has 0 atom stereocenters. The minimum absolute atomic E-state index is 0.153. The van der Waals surface area contributed by atoms with Gasteiger partial charge in [-0.1, -0.05) is 23.7 Å². The molecule has 0 saturated carbocycles. The second kappa shape index (κ2) is 7.18. The number of hydrogen-bond donors (Lipinski definition) is 1. The van der Waals surface area contributed by atoms with E-state index < -0.39 is 10.0 Å². The van der Waals surface area contributed by atoms with Crippen LogP contribution < -0.4 is 9.46 Å². The third-order valence-electron chi connectivity index (χ3n) is 4.27. The van der Waals surface area contributed by atoms with Crippen LogP contribution in [0.4, 0.5) is 5.69 Å². The van der Waals surface area contributed by atoms with E-state index in [1.165, 1.54) is 19.2 Å². The quantitative estimate of drug-likeness (QED) is 0.523. The lowest BCUT2D eigenvalue weighted by molar-refractivity contribution is 0.414. The summed E-state index contributed by atoms with van der Waals surface area (Å²) in [5.41, 5.74) is 2.02. The van der Waals surface area contributed by atoms with Crippen molar-refractivity contribution in [3.63, 3.8) is 0 Å². The van der Waals surface area contributed by atoms with Crippen molar-refractivity contribution >= 4 is 38.2 Å². The van der Waals surface area contributed by atoms with E-state index in [0.717, 1.165) is 16.6 Å². The molecule has 0 amide bonds. The molecule has 0 saturated heterocycles. The third kappa shape index (κ3) is 3.42. The Kier molecular flexibility index (Phi) is 4.70. The minimum Gasteiger partial charge on any atom is -0.497 e. The summed E-state index contributed by atoms with van der Waals surface area (Å²) in [6, 6.07) is 18.8. The van der Waals surface area contributed by atoms with Gasteiger partial charge in [-0.15, -0.1) is 0 Å². The first-order chi connectivity index (χ1) is 13.5. The zero-order valence-corrected chi connectivity index (χ0v) is 16.4. The van der Waals surface area contributed by atoms with Crippen molar-refractivity contribution in [2.24, 2.45) is 0 Å². The number of fused-ring (bicyclic) bond motifs is 1. The summed E-state index contributed by atoms with van der Waals surface area (Å²) in [6.07, 6.45) is 1.67. The highest BCUT2D eigenvalue weighted by atomic mass is 35.5. The molecule has 0 spiro atoms. The topological polar surface area (TPSA) is 73.2 Å². The van der Waals surface area contributed by atoms with E-state index >= 15 is 0 Å². The van der Waals surface area contributed by atoms with Crippen molar-refractivity contribution in [2.45, 2.75) is 4.90 Å². The van der Waals surface area contributed by atoms with Crippen LogP contribution in [0.5, 0.6) is 5.75 Å². The summed E-state index contributed by atoms with van der Waals surface area (Å²) in [4.78, 5) is 0.153. The molecule has 0 aliphatic carbocycles. The Bertz CT molecular complexity index is 1250. The number of benzene rings is 3. The summed E-state index contributed by atoms with van der Waals surface area (Å²) in [5, 5.41) is 5.75. The summed E-state index contributed by atoms with van der Waals surface area (Å²) in [5.74, 6) is 0.590. The van der Waals surface area contributed by atoms with Gasteiger partial charge in [0.1, 0.15) is 5.75 Å². The fourth-order valence-electron chi connectivity index (χ4n) is 2.88. The number of methoxy groups -OCH3 is 1. The molecule has 1 aromatic heterocycles. The van der Waals surface area contributed by atoms with Gasteiger partial charge >= 0.3 is 0 Å². The molecule has 0 aliphatic heterocycles. The van der Waals surface area contributed by atoms with Gasteiger partial charge in [-0.05, 0) is 54.6 Å². The van der Waals surface area contributed by atoms with Crippen LogP contribution in [0, 0.1) is 0 Å². The van der Waals surface area contributed by atoms with Crippen LogP contribution in [0.1, 0.15) is 0 Å². The zero-order valence-electron chi connectivity index (χ0n) is 14.8. The second-order valence-electron chi connectivity index (χ2n) is 6.06. The molecule has 0 fully saturated rings. The van der Waals surface area contributed by atoms with Crippen LogP contribution in [-0.2, 0) is 10.0 Å². The maximum Gasteiger partial charge on any atom is 0.261 e. The number of para-hydroxylation sites is 1. The van der Waals surface area contributed by atoms with Gasteiger partial charge in [0.15, 0.2) is 0 Å². The fraction of sp³-hybridized carbons (Fsp3) is 0.0500. The molecule has 0 aliphatic rings. The number of ether oxygens (including phenoxy) is 1. The molecule has 0 unspecified atom stereocenters. The van der Waals surface area contributed by atoms with E-state index in [2.05, 4.69) is 9.82 Å². The highest BCUT2D eigenvalue weighted by molar-refractivity contribution is 7.92. The number of nitrogens with zero attached hydrogens (tertiary/aromatic N) is 2. The lowest BCUT2D eigenvalue weighted by Gasteiger charge is -2.10. The first-order valence-electron chi connectivity index (χ1n) is 8.37. The van der Waals surface area contributed by atoms with Crippen LogP contribution in [-0.4, -0.2) is 25.3 Å². The van der Waals surface area contributed by atoms with E-state index in [-0.39, 0.29) is 4.90 Å². The summed E-state index contributed by atoms with van der Waals surface area (Å²) < 4.78 is 34.6. The average Bonchev–Trinajstić information content (AvgIpc) is 3.11. The summed E-state index contributed by atoms with van der Waals surface area (Å²) in [6.45, 7) is 0. The monoisotopic (exact) mass is 413 g/mol. The molecule has 8 heteroatoms. The normalized spacial score (nSPS) is 11.5. The molecular formula is C20H16ClN3O3S. The number of nitrogens with one attached hydrogen (secondary N) is 1. The summed E-state index contributed by atoms with van der Waals surface area (Å²) in [7, 11) is -2.19. The second-order valence-corrected chi connectivity index (χ2v) is 8.15. The van der Waals surface area contributed by atoms with Gasteiger partial charge in [0.25, 0.3) is 10.0 Å². The predicted octanol–water partition coefficient (Wildman–Crippen LogP) is 4.49. The van der Waals surface area contributed by atoms with Crippen molar-refractivity contribution in [1.82, 2.24) is 9.78 Å². The number of aromatic nitrogens is 2. The number of halogens is 1. The van der Waals surface area contributed by atoms with Crippen molar-refractivity contribution in [1.29, 1.82) is 0 Å². The average molecular weight is 414 g/mol. The van der Waals surface area contributed by atoms with Gasteiger partial charge < -0.3 is 4.74 Å². The van der Waals surface area contributed by atoms with Gasteiger partial charge in [0.05, 0.1) is 34.4 Å². The maximum atomic E-state index is 12.6. The highest BCUT2D eigenvalue weighted by Gasteiger charge is 2.15. The Morgan fingerprint density at radius 3 is 2.50 bits per heavy atom. The Morgan fingerprint density at radius 1 is 1.04 bits per heavy atom. The molecule has 1 N–H and O–H groups in total. The van der Waals surface area contributed by atoms with E-state index in [4.69, 9.17) is 16.3 Å². The van der Waals surface area contributed by atoms with Crippen molar-refractivity contribution in [3.05, 3.63) is 77.9 Å².